The standard InChI is InChI=1S/C12H18N2O/c1-9-6-10(9)7-14(2)11(15)12(8-13)4-3-5-12/h9-10H,3-7H2,1-2H3. The van der Waals surface area contributed by atoms with Gasteiger partial charge < -0.3 is 4.90 Å². The van der Waals surface area contributed by atoms with Crippen LogP contribution in [0.3, 0.4) is 0 Å². The molecule has 2 saturated carbocycles. The van der Waals surface area contributed by atoms with E-state index in [0.29, 0.717) is 5.92 Å². The third kappa shape index (κ3) is 1.73. The molecule has 2 rings (SSSR count). The summed E-state index contributed by atoms with van der Waals surface area (Å²) in [5.41, 5.74) is -0.660. The van der Waals surface area contributed by atoms with Crippen molar-refractivity contribution in [2.24, 2.45) is 17.3 Å². The lowest BCUT2D eigenvalue weighted by atomic mass is 9.69. The Morgan fingerprint density at radius 3 is 2.53 bits per heavy atom. The molecule has 0 aliphatic heterocycles. The van der Waals surface area contributed by atoms with E-state index in [-0.39, 0.29) is 5.91 Å². The fraction of sp³-hybridized carbons (Fsp3) is 0.833. The fourth-order valence-electron chi connectivity index (χ4n) is 2.36. The van der Waals surface area contributed by atoms with Crippen LogP contribution in [0.4, 0.5) is 0 Å². The van der Waals surface area contributed by atoms with Crippen LogP contribution >= 0.6 is 0 Å². The van der Waals surface area contributed by atoms with Gasteiger partial charge in [-0.2, -0.15) is 5.26 Å². The Kier molecular flexibility index (Phi) is 2.46. The smallest absolute Gasteiger partial charge is 0.242 e. The monoisotopic (exact) mass is 206 g/mol. The highest BCUT2D eigenvalue weighted by Crippen LogP contribution is 2.43. The van der Waals surface area contributed by atoms with Gasteiger partial charge >= 0.3 is 0 Å². The highest BCUT2D eigenvalue weighted by atomic mass is 16.2. The van der Waals surface area contributed by atoms with Crippen molar-refractivity contribution in [1.29, 1.82) is 5.26 Å². The summed E-state index contributed by atoms with van der Waals surface area (Å²) in [6, 6.07) is 2.21. The van der Waals surface area contributed by atoms with Gasteiger partial charge in [0.25, 0.3) is 0 Å². The van der Waals surface area contributed by atoms with E-state index in [1.165, 1.54) is 6.42 Å². The zero-order valence-corrected chi connectivity index (χ0v) is 9.49. The van der Waals surface area contributed by atoms with Crippen molar-refractivity contribution in [2.45, 2.75) is 32.6 Å². The Morgan fingerprint density at radius 1 is 1.60 bits per heavy atom. The van der Waals surface area contributed by atoms with Crippen molar-refractivity contribution >= 4 is 5.91 Å². The van der Waals surface area contributed by atoms with E-state index >= 15 is 0 Å². The predicted octanol–water partition coefficient (Wildman–Crippen LogP) is 1.79. The van der Waals surface area contributed by atoms with Gasteiger partial charge in [0, 0.05) is 13.6 Å². The Hall–Kier alpha value is -1.04. The van der Waals surface area contributed by atoms with Crippen LogP contribution in [-0.2, 0) is 4.79 Å². The molecular weight excluding hydrogens is 188 g/mol. The summed E-state index contributed by atoms with van der Waals surface area (Å²) in [6.07, 6.45) is 3.77. The van der Waals surface area contributed by atoms with Gasteiger partial charge in [0.2, 0.25) is 5.91 Å². The molecule has 82 valence electrons. The Labute approximate surface area is 91.1 Å². The average molecular weight is 206 g/mol. The van der Waals surface area contributed by atoms with Crippen LogP contribution in [0.1, 0.15) is 32.6 Å². The van der Waals surface area contributed by atoms with Crippen molar-refractivity contribution in [3.05, 3.63) is 0 Å². The molecule has 2 atom stereocenters. The van der Waals surface area contributed by atoms with Crippen molar-refractivity contribution < 1.29 is 4.79 Å². The van der Waals surface area contributed by atoms with Gasteiger partial charge in [0.05, 0.1) is 6.07 Å². The fourth-order valence-corrected chi connectivity index (χ4v) is 2.36. The van der Waals surface area contributed by atoms with Crippen LogP contribution in [-0.4, -0.2) is 24.4 Å². The van der Waals surface area contributed by atoms with Crippen LogP contribution in [0.2, 0.25) is 0 Å². The Bertz CT molecular complexity index is 314. The normalized spacial score (nSPS) is 31.3. The first-order chi connectivity index (χ1) is 7.09. The molecule has 2 fully saturated rings. The largest absolute Gasteiger partial charge is 0.344 e. The molecule has 0 aromatic heterocycles. The number of carbonyl (C=O) groups is 1. The predicted molar refractivity (Wildman–Crippen MR) is 56.8 cm³/mol. The molecule has 3 heteroatoms. The zero-order chi connectivity index (χ0) is 11.1. The van der Waals surface area contributed by atoms with Gasteiger partial charge in [-0.3, -0.25) is 4.79 Å². The maximum atomic E-state index is 12.1. The van der Waals surface area contributed by atoms with E-state index in [4.69, 9.17) is 5.26 Å². The second kappa shape index (κ2) is 3.52. The minimum absolute atomic E-state index is 0.0513. The number of nitriles is 1. The first-order valence-corrected chi connectivity index (χ1v) is 5.76. The minimum Gasteiger partial charge on any atom is -0.344 e. The number of carbonyl (C=O) groups excluding carboxylic acids is 1. The van der Waals surface area contributed by atoms with E-state index in [1.807, 2.05) is 7.05 Å². The van der Waals surface area contributed by atoms with Gasteiger partial charge in [-0.05, 0) is 37.5 Å². The van der Waals surface area contributed by atoms with Crippen LogP contribution in [0.25, 0.3) is 0 Å². The summed E-state index contributed by atoms with van der Waals surface area (Å²) in [6.45, 7) is 3.05. The van der Waals surface area contributed by atoms with Crippen molar-refractivity contribution in [3.8, 4) is 6.07 Å². The summed E-state index contributed by atoms with van der Waals surface area (Å²) in [5, 5.41) is 9.06. The Morgan fingerprint density at radius 2 is 2.20 bits per heavy atom. The zero-order valence-electron chi connectivity index (χ0n) is 9.49. The molecule has 0 N–H and O–H groups in total. The Balaban J connectivity index is 1.92. The maximum absolute atomic E-state index is 12.1. The molecule has 0 radical (unpaired) electrons. The summed E-state index contributed by atoms with van der Waals surface area (Å²) in [7, 11) is 1.84. The van der Waals surface area contributed by atoms with E-state index in [9.17, 15) is 4.79 Å². The topological polar surface area (TPSA) is 44.1 Å². The van der Waals surface area contributed by atoms with Gasteiger partial charge in [-0.25, -0.2) is 0 Å². The number of hydrogen-bond donors (Lipinski definition) is 0. The molecule has 3 nitrogen and oxygen atoms in total. The molecular formula is C12H18N2O. The van der Waals surface area contributed by atoms with Crippen LogP contribution in [0.15, 0.2) is 0 Å². The van der Waals surface area contributed by atoms with Crippen molar-refractivity contribution in [2.75, 3.05) is 13.6 Å². The highest BCUT2D eigenvalue weighted by molar-refractivity contribution is 5.86. The molecule has 2 aliphatic rings. The lowest BCUT2D eigenvalue weighted by Gasteiger charge is -2.36. The SMILES string of the molecule is CC1CC1CN(C)C(=O)C1(C#N)CCC1. The van der Waals surface area contributed by atoms with Gasteiger partial charge in [-0.15, -0.1) is 0 Å². The molecule has 0 bridgehead atoms. The molecule has 0 saturated heterocycles. The van der Waals surface area contributed by atoms with E-state index in [1.54, 1.807) is 4.90 Å². The third-order valence-corrected chi connectivity index (χ3v) is 3.96. The average Bonchev–Trinajstić information content (AvgIpc) is 2.80. The van der Waals surface area contributed by atoms with Gasteiger partial charge in [-0.1, -0.05) is 6.92 Å². The number of nitrogens with zero attached hydrogens (tertiary/aromatic N) is 2. The lowest BCUT2D eigenvalue weighted by Crippen LogP contribution is -2.46. The van der Waals surface area contributed by atoms with Crippen LogP contribution < -0.4 is 0 Å². The summed E-state index contributed by atoms with van der Waals surface area (Å²) >= 11 is 0. The summed E-state index contributed by atoms with van der Waals surface area (Å²) < 4.78 is 0. The molecule has 0 aromatic rings. The summed E-state index contributed by atoms with van der Waals surface area (Å²) in [5.74, 6) is 1.49. The van der Waals surface area contributed by atoms with Gasteiger partial charge in [0.15, 0.2) is 0 Å². The van der Waals surface area contributed by atoms with Crippen LogP contribution in [0, 0.1) is 28.6 Å². The second-order valence-corrected chi connectivity index (χ2v) is 5.21. The number of rotatable bonds is 3. The van der Waals surface area contributed by atoms with Crippen molar-refractivity contribution in [1.82, 2.24) is 4.90 Å². The van der Waals surface area contributed by atoms with E-state index in [2.05, 4.69) is 13.0 Å². The number of amides is 1. The quantitative estimate of drug-likeness (QED) is 0.706. The van der Waals surface area contributed by atoms with E-state index < -0.39 is 5.41 Å². The highest BCUT2D eigenvalue weighted by Gasteiger charge is 2.47. The molecule has 1 amide bonds. The molecule has 2 aliphatic carbocycles. The van der Waals surface area contributed by atoms with Crippen LogP contribution in [0.5, 0.6) is 0 Å². The molecule has 0 heterocycles. The minimum atomic E-state index is -0.660. The second-order valence-electron chi connectivity index (χ2n) is 5.21. The molecule has 0 spiro atoms. The summed E-state index contributed by atoms with van der Waals surface area (Å²) in [4.78, 5) is 13.8. The lowest BCUT2D eigenvalue weighted by molar-refractivity contribution is -0.141. The molecule has 0 aromatic carbocycles. The molecule has 15 heavy (non-hydrogen) atoms. The first kappa shape index (κ1) is 10.5. The maximum Gasteiger partial charge on any atom is 0.242 e. The van der Waals surface area contributed by atoms with Crippen molar-refractivity contribution in [3.63, 3.8) is 0 Å². The first-order valence-electron chi connectivity index (χ1n) is 5.76. The molecule has 2 unspecified atom stereocenters. The third-order valence-electron chi connectivity index (χ3n) is 3.96. The number of hydrogen-bond acceptors (Lipinski definition) is 2. The van der Waals surface area contributed by atoms with E-state index in [0.717, 1.165) is 31.7 Å². The van der Waals surface area contributed by atoms with Gasteiger partial charge in [0.1, 0.15) is 5.41 Å².